The lowest BCUT2D eigenvalue weighted by molar-refractivity contribution is -0.136. The number of alkyl halides is 3. The molecule has 0 bridgehead atoms. The molecule has 0 aromatic heterocycles. The average molecular weight is 189 g/mol. The number of halogens is 3. The van der Waals surface area contributed by atoms with Gasteiger partial charge in [0.2, 0.25) is 0 Å². The summed E-state index contributed by atoms with van der Waals surface area (Å²) in [6.07, 6.45) is -3.67. The molecule has 0 aliphatic rings. The first-order chi connectivity index (χ1) is 5.95. The molecule has 0 unspecified atom stereocenters. The maximum atomic E-state index is 12.2. The van der Waals surface area contributed by atoms with Gasteiger partial charge in [0, 0.05) is 5.69 Å². The van der Waals surface area contributed by atoms with Crippen molar-refractivity contribution < 1.29 is 13.2 Å². The Kier molecular flexibility index (Phi) is 2.50. The van der Waals surface area contributed by atoms with Crippen LogP contribution in [0.25, 0.3) is 0 Å². The molecule has 0 aliphatic heterocycles. The Morgan fingerprint density at radius 3 is 2.31 bits per heavy atom. The van der Waals surface area contributed by atoms with Gasteiger partial charge in [0.25, 0.3) is 0 Å². The molecule has 0 atom stereocenters. The summed E-state index contributed by atoms with van der Waals surface area (Å²) in [7, 11) is 0. The second-order valence-electron chi connectivity index (χ2n) is 2.77. The second-order valence-corrected chi connectivity index (χ2v) is 2.77. The van der Waals surface area contributed by atoms with E-state index in [-0.39, 0.29) is 5.69 Å². The maximum absolute atomic E-state index is 12.2. The van der Waals surface area contributed by atoms with E-state index >= 15 is 0 Å². The van der Waals surface area contributed by atoms with E-state index in [4.69, 9.17) is 5.73 Å². The minimum atomic E-state index is -4.35. The smallest absolute Gasteiger partial charge is 0.398 e. The third-order valence-corrected chi connectivity index (χ3v) is 1.83. The SMILES string of the molecule is CCc1ccc(C(F)(F)F)c(N)c1. The molecule has 72 valence electrons. The molecule has 1 rings (SSSR count). The Labute approximate surface area is 74.4 Å². The van der Waals surface area contributed by atoms with Gasteiger partial charge in [-0.25, -0.2) is 0 Å². The Bertz CT molecular complexity index is 304. The van der Waals surface area contributed by atoms with E-state index in [0.717, 1.165) is 11.6 Å². The van der Waals surface area contributed by atoms with E-state index in [1.807, 2.05) is 6.92 Å². The lowest BCUT2D eigenvalue weighted by Crippen LogP contribution is -2.08. The van der Waals surface area contributed by atoms with E-state index < -0.39 is 11.7 Å². The third kappa shape index (κ3) is 2.14. The van der Waals surface area contributed by atoms with Crippen LogP contribution in [-0.4, -0.2) is 0 Å². The van der Waals surface area contributed by atoms with Crippen LogP contribution in [0.15, 0.2) is 18.2 Å². The van der Waals surface area contributed by atoms with Crippen molar-refractivity contribution >= 4 is 5.69 Å². The number of nitrogens with two attached hydrogens (primary N) is 1. The quantitative estimate of drug-likeness (QED) is 0.675. The van der Waals surface area contributed by atoms with Crippen LogP contribution < -0.4 is 5.73 Å². The minimum Gasteiger partial charge on any atom is -0.398 e. The van der Waals surface area contributed by atoms with Gasteiger partial charge in [-0.1, -0.05) is 13.0 Å². The lowest BCUT2D eigenvalue weighted by Gasteiger charge is -2.10. The Hall–Kier alpha value is -1.19. The number of hydrogen-bond acceptors (Lipinski definition) is 1. The standard InChI is InChI=1S/C9H10F3N/c1-2-6-3-4-7(8(13)5-6)9(10,11)12/h3-5H,2,13H2,1H3. The minimum absolute atomic E-state index is 0.202. The van der Waals surface area contributed by atoms with E-state index in [1.165, 1.54) is 12.1 Å². The molecule has 0 saturated carbocycles. The third-order valence-electron chi connectivity index (χ3n) is 1.83. The summed E-state index contributed by atoms with van der Waals surface area (Å²) in [5.41, 5.74) is 5.11. The molecule has 1 nitrogen and oxygen atoms in total. The number of nitrogen functional groups attached to an aromatic ring is 1. The molecule has 0 amide bonds. The van der Waals surface area contributed by atoms with Gasteiger partial charge in [0.05, 0.1) is 5.56 Å². The zero-order valence-electron chi connectivity index (χ0n) is 7.15. The van der Waals surface area contributed by atoms with Gasteiger partial charge in [0.1, 0.15) is 0 Å². The van der Waals surface area contributed by atoms with Crippen LogP contribution in [0, 0.1) is 0 Å². The van der Waals surface area contributed by atoms with Crippen LogP contribution >= 0.6 is 0 Å². The molecule has 4 heteroatoms. The number of anilines is 1. The number of aryl methyl sites for hydroxylation is 1. The van der Waals surface area contributed by atoms with Crippen molar-refractivity contribution in [1.29, 1.82) is 0 Å². The largest absolute Gasteiger partial charge is 0.418 e. The highest BCUT2D eigenvalue weighted by molar-refractivity contribution is 5.50. The van der Waals surface area contributed by atoms with Gasteiger partial charge in [-0.05, 0) is 24.1 Å². The molecule has 1 aromatic carbocycles. The fourth-order valence-corrected chi connectivity index (χ4v) is 1.09. The van der Waals surface area contributed by atoms with Crippen LogP contribution in [0.3, 0.4) is 0 Å². The summed E-state index contributed by atoms with van der Waals surface area (Å²) in [5, 5.41) is 0. The molecule has 0 radical (unpaired) electrons. The molecular weight excluding hydrogens is 179 g/mol. The van der Waals surface area contributed by atoms with Crippen molar-refractivity contribution in [3.8, 4) is 0 Å². The average Bonchev–Trinajstić information content (AvgIpc) is 2.01. The first-order valence-corrected chi connectivity index (χ1v) is 3.90. The molecule has 0 spiro atoms. The van der Waals surface area contributed by atoms with Crippen molar-refractivity contribution in [3.05, 3.63) is 29.3 Å². The molecule has 0 heterocycles. The van der Waals surface area contributed by atoms with E-state index in [9.17, 15) is 13.2 Å². The van der Waals surface area contributed by atoms with Crippen LogP contribution in [0.2, 0.25) is 0 Å². The van der Waals surface area contributed by atoms with Crippen molar-refractivity contribution in [2.24, 2.45) is 0 Å². The zero-order valence-corrected chi connectivity index (χ0v) is 7.15. The normalized spacial score (nSPS) is 11.7. The highest BCUT2D eigenvalue weighted by Crippen LogP contribution is 2.33. The number of hydrogen-bond donors (Lipinski definition) is 1. The lowest BCUT2D eigenvalue weighted by atomic mass is 10.1. The molecule has 1 aromatic rings. The number of benzene rings is 1. The number of rotatable bonds is 1. The predicted molar refractivity (Wildman–Crippen MR) is 45.2 cm³/mol. The molecule has 2 N–H and O–H groups in total. The van der Waals surface area contributed by atoms with Crippen molar-refractivity contribution in [3.63, 3.8) is 0 Å². The first-order valence-electron chi connectivity index (χ1n) is 3.90. The maximum Gasteiger partial charge on any atom is 0.418 e. The van der Waals surface area contributed by atoms with Gasteiger partial charge in [0.15, 0.2) is 0 Å². The van der Waals surface area contributed by atoms with Gasteiger partial charge >= 0.3 is 6.18 Å². The van der Waals surface area contributed by atoms with Crippen molar-refractivity contribution in [1.82, 2.24) is 0 Å². The highest BCUT2D eigenvalue weighted by Gasteiger charge is 2.32. The van der Waals surface area contributed by atoms with E-state index in [1.54, 1.807) is 0 Å². The molecule has 0 aliphatic carbocycles. The first kappa shape index (κ1) is 9.89. The Balaban J connectivity index is 3.13. The van der Waals surface area contributed by atoms with E-state index in [0.29, 0.717) is 6.42 Å². The van der Waals surface area contributed by atoms with Crippen molar-refractivity contribution in [2.75, 3.05) is 5.73 Å². The van der Waals surface area contributed by atoms with Gasteiger partial charge < -0.3 is 5.73 Å². The van der Waals surface area contributed by atoms with E-state index in [2.05, 4.69) is 0 Å². The summed E-state index contributed by atoms with van der Waals surface area (Å²) in [4.78, 5) is 0. The predicted octanol–water partition coefficient (Wildman–Crippen LogP) is 2.85. The summed E-state index contributed by atoms with van der Waals surface area (Å²) in [5.74, 6) is 0. The topological polar surface area (TPSA) is 26.0 Å². The second kappa shape index (κ2) is 3.28. The highest BCUT2D eigenvalue weighted by atomic mass is 19.4. The van der Waals surface area contributed by atoms with Gasteiger partial charge in [-0.3, -0.25) is 0 Å². The van der Waals surface area contributed by atoms with Crippen molar-refractivity contribution in [2.45, 2.75) is 19.5 Å². The molecule has 13 heavy (non-hydrogen) atoms. The molecule has 0 saturated heterocycles. The summed E-state index contributed by atoms with van der Waals surface area (Å²) in [6, 6.07) is 3.83. The zero-order chi connectivity index (χ0) is 10.1. The summed E-state index contributed by atoms with van der Waals surface area (Å²) in [6.45, 7) is 1.86. The Morgan fingerprint density at radius 1 is 1.31 bits per heavy atom. The van der Waals surface area contributed by atoms with Crippen LogP contribution in [0.5, 0.6) is 0 Å². The fraction of sp³-hybridized carbons (Fsp3) is 0.333. The summed E-state index contributed by atoms with van der Waals surface area (Å²) < 4.78 is 36.6. The van der Waals surface area contributed by atoms with Gasteiger partial charge in [-0.2, -0.15) is 13.2 Å². The van der Waals surface area contributed by atoms with Crippen LogP contribution in [-0.2, 0) is 12.6 Å². The van der Waals surface area contributed by atoms with Gasteiger partial charge in [-0.15, -0.1) is 0 Å². The molecule has 0 fully saturated rings. The van der Waals surface area contributed by atoms with Crippen LogP contribution in [0.1, 0.15) is 18.1 Å². The monoisotopic (exact) mass is 189 g/mol. The molecular formula is C9H10F3N. The van der Waals surface area contributed by atoms with Crippen LogP contribution in [0.4, 0.5) is 18.9 Å². The Morgan fingerprint density at radius 2 is 1.92 bits per heavy atom. The fourth-order valence-electron chi connectivity index (χ4n) is 1.09. The summed E-state index contributed by atoms with van der Waals surface area (Å²) >= 11 is 0.